The first-order valence-electron chi connectivity index (χ1n) is 6.44. The molecule has 1 N–H and O–H groups in total. The molecular formula is C16H13BrF2O. The van der Waals surface area contributed by atoms with Gasteiger partial charge in [0.05, 0.1) is 10.1 Å². The molecule has 2 aromatic rings. The smallest absolute Gasteiger partial charge is 0.143 e. The molecule has 0 amide bonds. The average Bonchev–Trinajstić information content (AvgIpc) is 2.78. The first kappa shape index (κ1) is 13.7. The van der Waals surface area contributed by atoms with E-state index < -0.39 is 17.2 Å². The van der Waals surface area contributed by atoms with Gasteiger partial charge >= 0.3 is 0 Å². The fourth-order valence-corrected chi connectivity index (χ4v) is 3.25. The molecule has 0 aliphatic heterocycles. The second kappa shape index (κ2) is 4.93. The predicted molar refractivity (Wildman–Crippen MR) is 76.4 cm³/mol. The normalized spacial score (nSPS) is 21.0. The molecular weight excluding hydrogens is 326 g/mol. The third-order valence-corrected chi connectivity index (χ3v) is 4.55. The number of hydrogen-bond acceptors (Lipinski definition) is 1. The van der Waals surface area contributed by atoms with Crippen LogP contribution in [0.15, 0.2) is 40.9 Å². The third-order valence-electron chi connectivity index (χ3n) is 3.93. The lowest BCUT2D eigenvalue weighted by Crippen LogP contribution is -2.26. The molecule has 1 unspecified atom stereocenters. The molecule has 3 rings (SSSR count). The minimum absolute atomic E-state index is 0.0544. The minimum atomic E-state index is -1.20. The van der Waals surface area contributed by atoms with E-state index >= 15 is 0 Å². The van der Waals surface area contributed by atoms with Gasteiger partial charge in [-0.2, -0.15) is 0 Å². The molecule has 0 saturated heterocycles. The van der Waals surface area contributed by atoms with Crippen LogP contribution in [0.3, 0.4) is 0 Å². The Morgan fingerprint density at radius 3 is 2.70 bits per heavy atom. The Balaban J connectivity index is 2.03. The van der Waals surface area contributed by atoms with Crippen molar-refractivity contribution in [2.45, 2.75) is 24.9 Å². The molecule has 1 aliphatic rings. The van der Waals surface area contributed by atoms with E-state index in [0.29, 0.717) is 6.42 Å². The Morgan fingerprint density at radius 1 is 1.15 bits per heavy atom. The molecule has 20 heavy (non-hydrogen) atoms. The number of halogens is 3. The average molecular weight is 339 g/mol. The van der Waals surface area contributed by atoms with Gasteiger partial charge in [-0.15, -0.1) is 0 Å². The van der Waals surface area contributed by atoms with Crippen molar-refractivity contribution >= 4 is 15.9 Å². The zero-order valence-electron chi connectivity index (χ0n) is 10.7. The predicted octanol–water partition coefficient (Wildman–Crippen LogP) is 4.10. The number of fused-ring (bicyclic) bond motifs is 1. The molecule has 1 atom stereocenters. The van der Waals surface area contributed by atoms with Crippen LogP contribution < -0.4 is 0 Å². The van der Waals surface area contributed by atoms with Gasteiger partial charge in [0.25, 0.3) is 0 Å². The van der Waals surface area contributed by atoms with Gasteiger partial charge in [-0.1, -0.05) is 24.3 Å². The van der Waals surface area contributed by atoms with Crippen molar-refractivity contribution in [3.63, 3.8) is 0 Å². The molecule has 1 nitrogen and oxygen atoms in total. The van der Waals surface area contributed by atoms with Crippen molar-refractivity contribution in [3.8, 4) is 0 Å². The highest BCUT2D eigenvalue weighted by Crippen LogP contribution is 2.40. The summed E-state index contributed by atoms with van der Waals surface area (Å²) in [5, 5.41) is 10.8. The van der Waals surface area contributed by atoms with Crippen LogP contribution in [0.4, 0.5) is 8.78 Å². The lowest BCUT2D eigenvalue weighted by molar-refractivity contribution is 0.0371. The lowest BCUT2D eigenvalue weighted by atomic mass is 9.88. The fraction of sp³-hybridized carbons (Fsp3) is 0.250. The van der Waals surface area contributed by atoms with E-state index in [0.717, 1.165) is 17.5 Å². The second-order valence-corrected chi connectivity index (χ2v) is 6.04. The van der Waals surface area contributed by atoms with Gasteiger partial charge in [-0.3, -0.25) is 0 Å². The summed E-state index contributed by atoms with van der Waals surface area (Å²) in [5.41, 5.74) is 0.558. The molecule has 1 aliphatic carbocycles. The summed E-state index contributed by atoms with van der Waals surface area (Å²) in [6.07, 6.45) is 1.16. The summed E-state index contributed by atoms with van der Waals surface area (Å²) in [5.74, 6) is -1.26. The first-order valence-corrected chi connectivity index (χ1v) is 7.24. The van der Waals surface area contributed by atoms with Gasteiger partial charge in [0.2, 0.25) is 0 Å². The summed E-state index contributed by atoms with van der Waals surface area (Å²) in [4.78, 5) is 0. The summed E-state index contributed by atoms with van der Waals surface area (Å²) in [6, 6.07) is 10.1. The van der Waals surface area contributed by atoms with Gasteiger partial charge in [0.15, 0.2) is 0 Å². The summed E-state index contributed by atoms with van der Waals surface area (Å²) >= 11 is 3.06. The van der Waals surface area contributed by atoms with Crippen LogP contribution in [0.1, 0.15) is 23.1 Å². The first-order chi connectivity index (χ1) is 9.51. The molecule has 0 bridgehead atoms. The van der Waals surface area contributed by atoms with E-state index in [1.165, 1.54) is 12.1 Å². The number of rotatable bonds is 2. The van der Waals surface area contributed by atoms with Crippen LogP contribution >= 0.6 is 15.9 Å². The van der Waals surface area contributed by atoms with Gasteiger partial charge in [0.1, 0.15) is 11.6 Å². The van der Waals surface area contributed by atoms with Crippen molar-refractivity contribution < 1.29 is 13.9 Å². The quantitative estimate of drug-likeness (QED) is 0.817. The highest BCUT2D eigenvalue weighted by Gasteiger charge is 2.38. The van der Waals surface area contributed by atoms with Crippen LogP contribution in [0.25, 0.3) is 0 Å². The van der Waals surface area contributed by atoms with Gasteiger partial charge < -0.3 is 5.11 Å². The second-order valence-electron chi connectivity index (χ2n) is 5.19. The summed E-state index contributed by atoms with van der Waals surface area (Å²) < 4.78 is 28.1. The standard InChI is InChI=1S/C16H13BrF2O/c17-13-5-6-14(18)11(15(13)19)9-16(20)8-7-10-3-1-2-4-12(10)16/h1-6,20H,7-9H2. The maximum Gasteiger partial charge on any atom is 0.143 e. The fourth-order valence-electron chi connectivity index (χ4n) is 2.88. The Kier molecular flexibility index (Phi) is 3.38. The summed E-state index contributed by atoms with van der Waals surface area (Å²) in [6.45, 7) is 0. The highest BCUT2D eigenvalue weighted by atomic mass is 79.9. The lowest BCUT2D eigenvalue weighted by Gasteiger charge is -2.24. The zero-order chi connectivity index (χ0) is 14.3. The Bertz CT molecular complexity index is 672. The minimum Gasteiger partial charge on any atom is -0.385 e. The third kappa shape index (κ3) is 2.17. The zero-order valence-corrected chi connectivity index (χ0v) is 12.3. The van der Waals surface area contributed by atoms with E-state index in [2.05, 4.69) is 15.9 Å². The molecule has 104 valence electrons. The van der Waals surface area contributed by atoms with Gasteiger partial charge in [-0.05, 0) is 52.0 Å². The van der Waals surface area contributed by atoms with Crippen molar-refractivity contribution in [3.05, 3.63) is 69.2 Å². The summed E-state index contributed by atoms with van der Waals surface area (Å²) in [7, 11) is 0. The van der Waals surface area contributed by atoms with E-state index in [4.69, 9.17) is 0 Å². The largest absolute Gasteiger partial charge is 0.385 e. The van der Waals surface area contributed by atoms with Crippen LogP contribution in [-0.4, -0.2) is 5.11 Å². The molecule has 4 heteroatoms. The Labute approximate surface area is 124 Å². The van der Waals surface area contributed by atoms with E-state index in [1.807, 2.05) is 24.3 Å². The number of benzene rings is 2. The molecule has 0 saturated carbocycles. The maximum atomic E-state index is 14.1. The van der Waals surface area contributed by atoms with Crippen LogP contribution in [0.2, 0.25) is 0 Å². The number of aliphatic hydroxyl groups is 1. The molecule has 0 aromatic heterocycles. The molecule has 0 heterocycles. The van der Waals surface area contributed by atoms with E-state index in [1.54, 1.807) is 0 Å². The van der Waals surface area contributed by atoms with Gasteiger partial charge in [-0.25, -0.2) is 8.78 Å². The van der Waals surface area contributed by atoms with E-state index in [-0.39, 0.29) is 16.5 Å². The van der Waals surface area contributed by atoms with Gasteiger partial charge in [0, 0.05) is 12.0 Å². The SMILES string of the molecule is OC1(Cc2c(F)ccc(Br)c2F)CCc2ccccc21. The molecule has 2 aromatic carbocycles. The van der Waals surface area contributed by atoms with Crippen molar-refractivity contribution in [2.75, 3.05) is 0 Å². The molecule has 0 fully saturated rings. The van der Waals surface area contributed by atoms with Crippen LogP contribution in [0, 0.1) is 11.6 Å². The molecule has 0 spiro atoms. The maximum absolute atomic E-state index is 14.1. The van der Waals surface area contributed by atoms with Crippen molar-refractivity contribution in [1.29, 1.82) is 0 Å². The van der Waals surface area contributed by atoms with E-state index in [9.17, 15) is 13.9 Å². The van der Waals surface area contributed by atoms with Crippen LogP contribution in [-0.2, 0) is 18.4 Å². The monoisotopic (exact) mass is 338 g/mol. The number of hydrogen-bond donors (Lipinski definition) is 1. The Hall–Kier alpha value is -1.26. The van der Waals surface area contributed by atoms with Crippen molar-refractivity contribution in [2.24, 2.45) is 0 Å². The number of aryl methyl sites for hydroxylation is 1. The topological polar surface area (TPSA) is 20.2 Å². The highest BCUT2D eigenvalue weighted by molar-refractivity contribution is 9.10. The van der Waals surface area contributed by atoms with Crippen LogP contribution in [0.5, 0.6) is 0 Å². The molecule has 0 radical (unpaired) electrons. The van der Waals surface area contributed by atoms with Crippen molar-refractivity contribution in [1.82, 2.24) is 0 Å². The Morgan fingerprint density at radius 2 is 1.90 bits per heavy atom.